The van der Waals surface area contributed by atoms with Crippen LogP contribution in [-0.2, 0) is 10.0 Å². The van der Waals surface area contributed by atoms with Gasteiger partial charge in [-0.25, -0.2) is 13.1 Å². The van der Waals surface area contributed by atoms with E-state index in [1.165, 1.54) is 18.2 Å². The number of ether oxygens (including phenoxy) is 1. The highest BCUT2D eigenvalue weighted by Crippen LogP contribution is 2.25. The zero-order chi connectivity index (χ0) is 16.2. The van der Waals surface area contributed by atoms with Gasteiger partial charge < -0.3 is 4.74 Å². The van der Waals surface area contributed by atoms with Gasteiger partial charge in [-0.05, 0) is 30.3 Å². The van der Waals surface area contributed by atoms with E-state index < -0.39 is 10.0 Å². The Morgan fingerprint density at radius 2 is 1.73 bits per heavy atom. The third-order valence-corrected chi connectivity index (χ3v) is 5.16. The second-order valence-electron chi connectivity index (χ2n) is 4.25. The molecule has 0 atom stereocenters. The molecular formula is C14H12Cl3NO3S. The highest BCUT2D eigenvalue weighted by Gasteiger charge is 2.17. The zero-order valence-electron chi connectivity index (χ0n) is 11.2. The highest BCUT2D eigenvalue weighted by atomic mass is 35.5. The lowest BCUT2D eigenvalue weighted by atomic mass is 10.3. The van der Waals surface area contributed by atoms with Crippen LogP contribution in [0.4, 0.5) is 0 Å². The maximum absolute atomic E-state index is 12.1. The van der Waals surface area contributed by atoms with Crippen molar-refractivity contribution < 1.29 is 13.2 Å². The van der Waals surface area contributed by atoms with Gasteiger partial charge in [0, 0.05) is 11.6 Å². The third-order valence-electron chi connectivity index (χ3n) is 2.67. The Morgan fingerprint density at radius 3 is 2.45 bits per heavy atom. The van der Waals surface area contributed by atoms with Crippen LogP contribution in [0.3, 0.4) is 0 Å². The topological polar surface area (TPSA) is 55.4 Å². The summed E-state index contributed by atoms with van der Waals surface area (Å²) in [5, 5.41) is 0.851. The fourth-order valence-electron chi connectivity index (χ4n) is 1.66. The second kappa shape index (κ2) is 7.53. The van der Waals surface area contributed by atoms with E-state index in [2.05, 4.69) is 4.72 Å². The molecule has 0 amide bonds. The number of para-hydroxylation sites is 1. The number of sulfonamides is 1. The molecule has 0 aliphatic heterocycles. The molecule has 0 aromatic heterocycles. The molecule has 0 heterocycles. The van der Waals surface area contributed by atoms with Gasteiger partial charge in [0.15, 0.2) is 0 Å². The first-order valence-electron chi connectivity index (χ1n) is 6.22. The van der Waals surface area contributed by atoms with Crippen LogP contribution in [-0.4, -0.2) is 21.6 Å². The maximum Gasteiger partial charge on any atom is 0.242 e. The summed E-state index contributed by atoms with van der Waals surface area (Å²) in [6.07, 6.45) is 0. The molecule has 8 heteroatoms. The van der Waals surface area contributed by atoms with E-state index in [9.17, 15) is 8.42 Å². The average Bonchev–Trinajstić information content (AvgIpc) is 2.48. The van der Waals surface area contributed by atoms with Crippen LogP contribution in [0.2, 0.25) is 15.1 Å². The lowest BCUT2D eigenvalue weighted by molar-refractivity contribution is 0.323. The average molecular weight is 381 g/mol. The van der Waals surface area contributed by atoms with Crippen molar-refractivity contribution in [2.45, 2.75) is 4.90 Å². The van der Waals surface area contributed by atoms with Crippen molar-refractivity contribution in [3.8, 4) is 5.75 Å². The number of hydrogen-bond acceptors (Lipinski definition) is 3. The molecule has 2 rings (SSSR count). The molecule has 0 aliphatic rings. The quantitative estimate of drug-likeness (QED) is 0.771. The number of halogens is 3. The van der Waals surface area contributed by atoms with Crippen molar-refractivity contribution in [3.05, 3.63) is 57.5 Å². The molecule has 2 aromatic rings. The first-order chi connectivity index (χ1) is 10.4. The van der Waals surface area contributed by atoms with E-state index in [-0.39, 0.29) is 28.1 Å². The Morgan fingerprint density at radius 1 is 1.00 bits per heavy atom. The van der Waals surface area contributed by atoms with E-state index in [1.807, 2.05) is 0 Å². The van der Waals surface area contributed by atoms with Gasteiger partial charge in [0.2, 0.25) is 10.0 Å². The van der Waals surface area contributed by atoms with Gasteiger partial charge in [0.1, 0.15) is 17.3 Å². The van der Waals surface area contributed by atoms with Crippen molar-refractivity contribution in [3.63, 3.8) is 0 Å². The minimum absolute atomic E-state index is 0.0659. The van der Waals surface area contributed by atoms with Gasteiger partial charge in [0.05, 0.1) is 10.0 Å². The van der Waals surface area contributed by atoms with Gasteiger partial charge in [-0.3, -0.25) is 0 Å². The summed E-state index contributed by atoms with van der Waals surface area (Å²) in [4.78, 5) is -0.0700. The summed E-state index contributed by atoms with van der Waals surface area (Å²) < 4.78 is 32.1. The second-order valence-corrected chi connectivity index (χ2v) is 7.24. The molecule has 2 aromatic carbocycles. The van der Waals surface area contributed by atoms with Crippen molar-refractivity contribution in [1.29, 1.82) is 0 Å². The smallest absolute Gasteiger partial charge is 0.242 e. The Labute approximate surface area is 144 Å². The summed E-state index contributed by atoms with van der Waals surface area (Å²) in [6, 6.07) is 11.2. The maximum atomic E-state index is 12.1. The van der Waals surface area contributed by atoms with E-state index in [0.717, 1.165) is 0 Å². The minimum atomic E-state index is -3.76. The van der Waals surface area contributed by atoms with Crippen LogP contribution >= 0.6 is 34.8 Å². The van der Waals surface area contributed by atoms with Crippen LogP contribution in [0.1, 0.15) is 0 Å². The van der Waals surface area contributed by atoms with Gasteiger partial charge in [-0.15, -0.1) is 0 Å². The third kappa shape index (κ3) is 4.51. The van der Waals surface area contributed by atoms with Crippen LogP contribution in [0, 0.1) is 0 Å². The van der Waals surface area contributed by atoms with Gasteiger partial charge >= 0.3 is 0 Å². The first kappa shape index (κ1) is 17.4. The number of hydrogen-bond donors (Lipinski definition) is 1. The molecule has 1 N–H and O–H groups in total. The fraction of sp³-hybridized carbons (Fsp3) is 0.143. The zero-order valence-corrected chi connectivity index (χ0v) is 14.3. The number of rotatable bonds is 6. The van der Waals surface area contributed by atoms with Gasteiger partial charge in [-0.1, -0.05) is 46.9 Å². The number of benzene rings is 2. The van der Waals surface area contributed by atoms with E-state index in [4.69, 9.17) is 39.5 Å². The molecule has 0 unspecified atom stereocenters. The van der Waals surface area contributed by atoms with Crippen molar-refractivity contribution in [1.82, 2.24) is 4.72 Å². The Bertz CT molecular complexity index is 766. The lowest BCUT2D eigenvalue weighted by Gasteiger charge is -2.10. The molecular weight excluding hydrogens is 369 g/mol. The highest BCUT2D eigenvalue weighted by molar-refractivity contribution is 7.89. The predicted octanol–water partition coefficient (Wildman–Crippen LogP) is 4.00. The van der Waals surface area contributed by atoms with Gasteiger partial charge in [-0.2, -0.15) is 0 Å². The summed E-state index contributed by atoms with van der Waals surface area (Å²) in [5.74, 6) is 0.490. The van der Waals surface area contributed by atoms with Crippen LogP contribution < -0.4 is 9.46 Å². The van der Waals surface area contributed by atoms with E-state index in [1.54, 1.807) is 24.3 Å². The molecule has 0 spiro atoms. The summed E-state index contributed by atoms with van der Waals surface area (Å²) in [6.45, 7) is 0.192. The first-order valence-corrected chi connectivity index (χ1v) is 8.84. The number of nitrogens with one attached hydrogen (secondary N) is 1. The summed E-state index contributed by atoms with van der Waals surface area (Å²) in [5.41, 5.74) is 0. The predicted molar refractivity (Wildman–Crippen MR) is 88.6 cm³/mol. The Balaban J connectivity index is 1.96. The normalized spacial score (nSPS) is 11.4. The van der Waals surface area contributed by atoms with Gasteiger partial charge in [0.25, 0.3) is 0 Å². The molecule has 118 valence electrons. The Hall–Kier alpha value is -0.980. The van der Waals surface area contributed by atoms with Crippen LogP contribution in [0.25, 0.3) is 0 Å². The van der Waals surface area contributed by atoms with Crippen molar-refractivity contribution in [2.75, 3.05) is 13.2 Å². The largest absolute Gasteiger partial charge is 0.491 e. The molecule has 0 radical (unpaired) electrons. The fourth-order valence-corrected chi connectivity index (χ4v) is 3.62. The van der Waals surface area contributed by atoms with Crippen LogP contribution in [0.15, 0.2) is 47.4 Å². The summed E-state index contributed by atoms with van der Waals surface area (Å²) >= 11 is 17.6. The molecule has 0 aliphatic carbocycles. The molecule has 0 bridgehead atoms. The van der Waals surface area contributed by atoms with Crippen molar-refractivity contribution >= 4 is 44.8 Å². The molecule has 0 saturated heterocycles. The molecule has 0 fully saturated rings. The van der Waals surface area contributed by atoms with E-state index >= 15 is 0 Å². The molecule has 4 nitrogen and oxygen atoms in total. The SMILES string of the molecule is O=S(=O)(NCCOc1ccccc1Cl)c1cc(Cl)ccc1Cl. The van der Waals surface area contributed by atoms with Crippen LogP contribution in [0.5, 0.6) is 5.75 Å². The Kier molecular flexibility index (Phi) is 5.94. The molecule has 0 saturated carbocycles. The summed E-state index contributed by atoms with van der Waals surface area (Å²) in [7, 11) is -3.76. The molecule has 22 heavy (non-hydrogen) atoms. The van der Waals surface area contributed by atoms with E-state index in [0.29, 0.717) is 10.8 Å². The minimum Gasteiger partial charge on any atom is -0.491 e. The lowest BCUT2D eigenvalue weighted by Crippen LogP contribution is -2.28. The van der Waals surface area contributed by atoms with Crippen molar-refractivity contribution in [2.24, 2.45) is 0 Å². The monoisotopic (exact) mass is 379 g/mol. The standard InChI is InChI=1S/C14H12Cl3NO3S/c15-10-5-6-12(17)14(9-10)22(19,20)18-7-8-21-13-4-2-1-3-11(13)16/h1-6,9,18H,7-8H2.